The van der Waals surface area contributed by atoms with Crippen LogP contribution in [0.2, 0.25) is 0 Å². The Morgan fingerprint density at radius 3 is 2.80 bits per heavy atom. The monoisotopic (exact) mass is 277 g/mol. The van der Waals surface area contributed by atoms with Crippen LogP contribution in [0.15, 0.2) is 18.2 Å². The smallest absolute Gasteiger partial charge is 0.246 e. The Morgan fingerprint density at radius 2 is 2.15 bits per heavy atom. The van der Waals surface area contributed by atoms with Gasteiger partial charge in [0.2, 0.25) is 17.7 Å². The van der Waals surface area contributed by atoms with Gasteiger partial charge in [0.25, 0.3) is 0 Å². The van der Waals surface area contributed by atoms with Crippen LogP contribution in [0.5, 0.6) is 5.88 Å². The number of ether oxygens (including phenoxy) is 1. The van der Waals surface area contributed by atoms with Crippen molar-refractivity contribution in [2.75, 3.05) is 7.11 Å². The van der Waals surface area contributed by atoms with Crippen molar-refractivity contribution in [2.24, 2.45) is 0 Å². The summed E-state index contributed by atoms with van der Waals surface area (Å²) < 4.78 is 5.07. The molecule has 0 aliphatic carbocycles. The van der Waals surface area contributed by atoms with Gasteiger partial charge < -0.3 is 15.0 Å². The molecule has 1 fully saturated rings. The van der Waals surface area contributed by atoms with Crippen molar-refractivity contribution in [3.63, 3.8) is 0 Å². The van der Waals surface area contributed by atoms with E-state index >= 15 is 0 Å². The van der Waals surface area contributed by atoms with Crippen LogP contribution < -0.4 is 10.1 Å². The summed E-state index contributed by atoms with van der Waals surface area (Å²) in [6, 6.07) is 4.45. The van der Waals surface area contributed by atoms with Crippen LogP contribution in [-0.2, 0) is 16.1 Å². The zero-order valence-corrected chi connectivity index (χ0v) is 11.9. The van der Waals surface area contributed by atoms with E-state index in [2.05, 4.69) is 10.3 Å². The van der Waals surface area contributed by atoms with Gasteiger partial charge in [-0.2, -0.15) is 0 Å². The Kier molecular flexibility index (Phi) is 4.22. The largest absolute Gasteiger partial charge is 0.481 e. The van der Waals surface area contributed by atoms with E-state index in [0.29, 0.717) is 24.5 Å². The van der Waals surface area contributed by atoms with Crippen LogP contribution in [-0.4, -0.2) is 40.9 Å². The lowest BCUT2D eigenvalue weighted by Crippen LogP contribution is -2.61. The van der Waals surface area contributed by atoms with E-state index in [1.807, 2.05) is 19.1 Å². The summed E-state index contributed by atoms with van der Waals surface area (Å²) >= 11 is 0. The standard InChI is InChI=1S/C14H19N3O3/c1-4-11-14(19)17(9(2)13(18)16-11)8-10-6-5-7-12(15-10)20-3/h5-7,9,11H,4,8H2,1-3H3,(H,16,18). The summed E-state index contributed by atoms with van der Waals surface area (Å²) in [7, 11) is 1.54. The number of nitrogens with one attached hydrogen (secondary N) is 1. The first-order chi connectivity index (χ1) is 9.56. The molecular formula is C14H19N3O3. The molecule has 2 rings (SSSR count). The highest BCUT2D eigenvalue weighted by Gasteiger charge is 2.37. The number of carbonyl (C=O) groups excluding carboxylic acids is 2. The third-order valence-corrected chi connectivity index (χ3v) is 3.48. The fourth-order valence-corrected chi connectivity index (χ4v) is 2.21. The fourth-order valence-electron chi connectivity index (χ4n) is 2.21. The van der Waals surface area contributed by atoms with Gasteiger partial charge in [0.1, 0.15) is 12.1 Å². The van der Waals surface area contributed by atoms with E-state index in [0.717, 1.165) is 0 Å². The molecule has 0 spiro atoms. The molecule has 1 aromatic rings. The maximum absolute atomic E-state index is 12.3. The molecule has 6 nitrogen and oxygen atoms in total. The highest BCUT2D eigenvalue weighted by atomic mass is 16.5. The number of carbonyl (C=O) groups is 2. The molecule has 2 unspecified atom stereocenters. The molecule has 20 heavy (non-hydrogen) atoms. The minimum absolute atomic E-state index is 0.0655. The molecule has 108 valence electrons. The quantitative estimate of drug-likeness (QED) is 0.880. The molecule has 0 aromatic carbocycles. The second kappa shape index (κ2) is 5.90. The predicted molar refractivity (Wildman–Crippen MR) is 73.0 cm³/mol. The molecule has 2 atom stereocenters. The maximum Gasteiger partial charge on any atom is 0.246 e. The van der Waals surface area contributed by atoms with Crippen LogP contribution in [0.1, 0.15) is 26.0 Å². The van der Waals surface area contributed by atoms with E-state index in [4.69, 9.17) is 4.74 Å². The van der Waals surface area contributed by atoms with Crippen molar-refractivity contribution in [1.82, 2.24) is 15.2 Å². The number of amides is 2. The first-order valence-electron chi connectivity index (χ1n) is 6.67. The third-order valence-electron chi connectivity index (χ3n) is 3.48. The van der Waals surface area contributed by atoms with Crippen molar-refractivity contribution in [1.29, 1.82) is 0 Å². The van der Waals surface area contributed by atoms with E-state index in [1.165, 1.54) is 0 Å². The molecule has 1 saturated heterocycles. The number of piperazine rings is 1. The minimum Gasteiger partial charge on any atom is -0.481 e. The number of pyridine rings is 1. The molecule has 0 saturated carbocycles. The fraction of sp³-hybridized carbons (Fsp3) is 0.500. The topological polar surface area (TPSA) is 71.5 Å². The molecule has 0 bridgehead atoms. The lowest BCUT2D eigenvalue weighted by atomic mass is 10.1. The Hall–Kier alpha value is -2.11. The van der Waals surface area contributed by atoms with Gasteiger partial charge in [-0.25, -0.2) is 4.98 Å². The predicted octanol–water partition coefficient (Wildman–Crippen LogP) is 0.716. The molecule has 6 heteroatoms. The summed E-state index contributed by atoms with van der Waals surface area (Å²) in [5.41, 5.74) is 0.703. The normalized spacial score (nSPS) is 22.6. The van der Waals surface area contributed by atoms with Gasteiger partial charge in [0.05, 0.1) is 19.3 Å². The number of hydrogen-bond acceptors (Lipinski definition) is 4. The van der Waals surface area contributed by atoms with E-state index in [1.54, 1.807) is 25.0 Å². The SMILES string of the molecule is CCC1NC(=O)C(C)N(Cc2cccc(OC)n2)C1=O. The van der Waals surface area contributed by atoms with Gasteiger partial charge >= 0.3 is 0 Å². The molecule has 0 radical (unpaired) electrons. The molecule has 1 N–H and O–H groups in total. The second-order valence-electron chi connectivity index (χ2n) is 4.78. The molecule has 1 aromatic heterocycles. The minimum atomic E-state index is -0.488. The Labute approximate surface area is 118 Å². The van der Waals surface area contributed by atoms with Gasteiger partial charge in [-0.1, -0.05) is 13.0 Å². The van der Waals surface area contributed by atoms with Crippen LogP contribution in [0.3, 0.4) is 0 Å². The van der Waals surface area contributed by atoms with E-state index in [-0.39, 0.29) is 11.8 Å². The van der Waals surface area contributed by atoms with E-state index < -0.39 is 12.1 Å². The van der Waals surface area contributed by atoms with Gasteiger partial charge in [0.15, 0.2) is 0 Å². The average Bonchev–Trinajstić information content (AvgIpc) is 2.47. The Balaban J connectivity index is 2.20. The number of nitrogens with zero attached hydrogens (tertiary/aromatic N) is 2. The van der Waals surface area contributed by atoms with Crippen molar-refractivity contribution in [3.8, 4) is 5.88 Å². The number of hydrogen-bond donors (Lipinski definition) is 1. The van der Waals surface area contributed by atoms with Crippen LogP contribution in [0.4, 0.5) is 0 Å². The Bertz CT molecular complexity index is 518. The van der Waals surface area contributed by atoms with Gasteiger partial charge in [-0.15, -0.1) is 0 Å². The first-order valence-corrected chi connectivity index (χ1v) is 6.67. The van der Waals surface area contributed by atoms with E-state index in [9.17, 15) is 9.59 Å². The molecule has 2 amide bonds. The van der Waals surface area contributed by atoms with Crippen LogP contribution in [0, 0.1) is 0 Å². The molecule has 2 heterocycles. The molecule has 1 aliphatic rings. The van der Waals surface area contributed by atoms with Gasteiger partial charge in [-0.3, -0.25) is 9.59 Å². The maximum atomic E-state index is 12.3. The summed E-state index contributed by atoms with van der Waals surface area (Å²) in [4.78, 5) is 30.1. The Morgan fingerprint density at radius 1 is 1.40 bits per heavy atom. The van der Waals surface area contributed by atoms with Crippen molar-refractivity contribution < 1.29 is 14.3 Å². The molecule has 1 aliphatic heterocycles. The highest BCUT2D eigenvalue weighted by Crippen LogP contribution is 2.16. The zero-order valence-electron chi connectivity index (χ0n) is 11.9. The van der Waals surface area contributed by atoms with Crippen molar-refractivity contribution in [2.45, 2.75) is 38.9 Å². The third kappa shape index (κ3) is 2.74. The lowest BCUT2D eigenvalue weighted by Gasteiger charge is -2.36. The van der Waals surface area contributed by atoms with Crippen molar-refractivity contribution in [3.05, 3.63) is 23.9 Å². The number of rotatable bonds is 4. The zero-order chi connectivity index (χ0) is 14.7. The summed E-state index contributed by atoms with van der Waals surface area (Å²) in [5.74, 6) is 0.305. The number of aromatic nitrogens is 1. The molecular weight excluding hydrogens is 258 g/mol. The summed E-state index contributed by atoms with van der Waals surface area (Å²) in [6.07, 6.45) is 0.583. The van der Waals surface area contributed by atoms with Gasteiger partial charge in [-0.05, 0) is 19.4 Å². The van der Waals surface area contributed by atoms with Crippen LogP contribution >= 0.6 is 0 Å². The van der Waals surface area contributed by atoms with Crippen LogP contribution in [0.25, 0.3) is 0 Å². The van der Waals surface area contributed by atoms with Crippen molar-refractivity contribution >= 4 is 11.8 Å². The summed E-state index contributed by atoms with van der Waals surface area (Å²) in [5, 5.41) is 2.73. The highest BCUT2D eigenvalue weighted by molar-refractivity contribution is 5.96. The first kappa shape index (κ1) is 14.3. The average molecular weight is 277 g/mol. The van der Waals surface area contributed by atoms with Gasteiger partial charge in [0, 0.05) is 6.07 Å². The second-order valence-corrected chi connectivity index (χ2v) is 4.78. The summed E-state index contributed by atoms with van der Waals surface area (Å²) in [6.45, 7) is 3.90. The number of methoxy groups -OCH3 is 1. The lowest BCUT2D eigenvalue weighted by molar-refractivity contribution is -0.149.